The molecule has 0 aromatic carbocycles. The summed E-state index contributed by atoms with van der Waals surface area (Å²) in [4.78, 5) is 14.0. The summed E-state index contributed by atoms with van der Waals surface area (Å²) in [6.07, 6.45) is 5.62. The number of aromatic nitrogens is 1. The summed E-state index contributed by atoms with van der Waals surface area (Å²) in [5.74, 6) is 0.263. The molecule has 1 saturated heterocycles. The largest absolute Gasteiger partial charge is 0.351 e. The van der Waals surface area contributed by atoms with E-state index in [1.807, 2.05) is 4.90 Å². The molecule has 2 heterocycles. The molecule has 5 heteroatoms. The average Bonchev–Trinajstić information content (AvgIpc) is 2.83. The first-order valence-corrected chi connectivity index (χ1v) is 5.74. The fourth-order valence-electron chi connectivity index (χ4n) is 2.23. The molecule has 1 fully saturated rings. The van der Waals surface area contributed by atoms with Crippen molar-refractivity contribution in [3.8, 4) is 0 Å². The van der Waals surface area contributed by atoms with Crippen molar-refractivity contribution in [2.24, 2.45) is 5.73 Å². The maximum atomic E-state index is 12.1. The second-order valence-electron chi connectivity index (χ2n) is 4.10. The molecule has 1 atom stereocenters. The predicted molar refractivity (Wildman–Crippen MR) is 58.8 cm³/mol. The van der Waals surface area contributed by atoms with Crippen molar-refractivity contribution in [3.05, 3.63) is 18.0 Å². The predicted octanol–water partition coefficient (Wildman–Crippen LogP) is 1.02. The van der Waals surface area contributed by atoms with Gasteiger partial charge in [0.1, 0.15) is 0 Å². The van der Waals surface area contributed by atoms with Crippen molar-refractivity contribution < 1.29 is 9.32 Å². The van der Waals surface area contributed by atoms with Crippen LogP contribution in [0.25, 0.3) is 0 Å². The van der Waals surface area contributed by atoms with Crippen LogP contribution >= 0.6 is 0 Å². The SMILES string of the molecule is NCCC1CCCCN1C(=O)c1ccno1. The van der Waals surface area contributed by atoms with Gasteiger partial charge in [0.2, 0.25) is 5.76 Å². The molecule has 0 saturated carbocycles. The van der Waals surface area contributed by atoms with Gasteiger partial charge in [0.25, 0.3) is 5.91 Å². The Morgan fingerprint density at radius 1 is 1.62 bits per heavy atom. The number of amides is 1. The van der Waals surface area contributed by atoms with Gasteiger partial charge in [-0.25, -0.2) is 0 Å². The van der Waals surface area contributed by atoms with Crippen LogP contribution in [0.4, 0.5) is 0 Å². The van der Waals surface area contributed by atoms with Gasteiger partial charge in [0.05, 0.1) is 6.20 Å². The maximum absolute atomic E-state index is 12.1. The summed E-state index contributed by atoms with van der Waals surface area (Å²) in [5, 5.41) is 3.56. The van der Waals surface area contributed by atoms with Crippen LogP contribution in [0, 0.1) is 0 Å². The molecule has 0 radical (unpaired) electrons. The summed E-state index contributed by atoms with van der Waals surface area (Å²) < 4.78 is 4.90. The van der Waals surface area contributed by atoms with E-state index < -0.39 is 0 Å². The molecule has 0 spiro atoms. The molecule has 88 valence electrons. The monoisotopic (exact) mass is 223 g/mol. The van der Waals surface area contributed by atoms with E-state index in [0.29, 0.717) is 12.3 Å². The summed E-state index contributed by atoms with van der Waals surface area (Å²) in [6.45, 7) is 1.41. The highest BCUT2D eigenvalue weighted by Gasteiger charge is 2.28. The minimum atomic E-state index is -0.0596. The quantitative estimate of drug-likeness (QED) is 0.830. The minimum Gasteiger partial charge on any atom is -0.351 e. The number of nitrogens with zero attached hydrogens (tertiary/aromatic N) is 2. The molecule has 2 rings (SSSR count). The summed E-state index contributed by atoms with van der Waals surface area (Å²) >= 11 is 0. The van der Waals surface area contributed by atoms with Crippen molar-refractivity contribution >= 4 is 5.91 Å². The first-order chi connectivity index (χ1) is 7.83. The van der Waals surface area contributed by atoms with Gasteiger partial charge < -0.3 is 15.2 Å². The molecule has 1 aliphatic heterocycles. The van der Waals surface area contributed by atoms with Crippen molar-refractivity contribution in [2.45, 2.75) is 31.7 Å². The molecule has 2 N–H and O–H groups in total. The smallest absolute Gasteiger partial charge is 0.292 e. The van der Waals surface area contributed by atoms with Gasteiger partial charge in [-0.2, -0.15) is 0 Å². The average molecular weight is 223 g/mol. The van der Waals surface area contributed by atoms with Crippen LogP contribution in [0.5, 0.6) is 0 Å². The number of carbonyl (C=O) groups excluding carboxylic acids is 1. The lowest BCUT2D eigenvalue weighted by Gasteiger charge is -2.34. The van der Waals surface area contributed by atoms with Gasteiger partial charge in [0.15, 0.2) is 0 Å². The highest BCUT2D eigenvalue weighted by atomic mass is 16.5. The van der Waals surface area contributed by atoms with Crippen molar-refractivity contribution in [3.63, 3.8) is 0 Å². The van der Waals surface area contributed by atoms with E-state index in [0.717, 1.165) is 25.8 Å². The Morgan fingerprint density at radius 3 is 3.19 bits per heavy atom. The molecule has 1 amide bonds. The molecule has 5 nitrogen and oxygen atoms in total. The molecule has 1 aromatic rings. The zero-order valence-electron chi connectivity index (χ0n) is 9.26. The van der Waals surface area contributed by atoms with Gasteiger partial charge in [0, 0.05) is 18.7 Å². The zero-order valence-corrected chi connectivity index (χ0v) is 9.26. The van der Waals surface area contributed by atoms with Gasteiger partial charge in [-0.3, -0.25) is 4.79 Å². The minimum absolute atomic E-state index is 0.0596. The highest BCUT2D eigenvalue weighted by molar-refractivity contribution is 5.91. The molecule has 1 aromatic heterocycles. The molecule has 1 unspecified atom stereocenters. The number of carbonyl (C=O) groups is 1. The van der Waals surface area contributed by atoms with Crippen molar-refractivity contribution in [2.75, 3.05) is 13.1 Å². The highest BCUT2D eigenvalue weighted by Crippen LogP contribution is 2.21. The van der Waals surface area contributed by atoms with Crippen LogP contribution in [0.1, 0.15) is 36.2 Å². The van der Waals surface area contributed by atoms with Gasteiger partial charge >= 0.3 is 0 Å². The molecular formula is C11H17N3O2. The summed E-state index contributed by atoms with van der Waals surface area (Å²) in [5.41, 5.74) is 5.57. The van der Waals surface area contributed by atoms with Crippen LogP contribution in [0.2, 0.25) is 0 Å². The third kappa shape index (κ3) is 2.24. The van der Waals surface area contributed by atoms with Crippen LogP contribution in [-0.4, -0.2) is 35.1 Å². The zero-order chi connectivity index (χ0) is 11.4. The second kappa shape index (κ2) is 5.12. The van der Waals surface area contributed by atoms with Crippen LogP contribution in [0.15, 0.2) is 16.8 Å². The van der Waals surface area contributed by atoms with E-state index in [-0.39, 0.29) is 11.9 Å². The summed E-state index contributed by atoms with van der Waals surface area (Å²) in [6, 6.07) is 1.87. The number of rotatable bonds is 3. The molecule has 0 bridgehead atoms. The van der Waals surface area contributed by atoms with E-state index in [1.165, 1.54) is 12.6 Å². The van der Waals surface area contributed by atoms with Crippen molar-refractivity contribution in [1.29, 1.82) is 0 Å². The first kappa shape index (κ1) is 11.1. The Balaban J connectivity index is 2.08. The normalized spacial score (nSPS) is 21.1. The lowest BCUT2D eigenvalue weighted by Crippen LogP contribution is -2.44. The number of hydrogen-bond acceptors (Lipinski definition) is 4. The van der Waals surface area contributed by atoms with E-state index in [4.69, 9.17) is 10.3 Å². The van der Waals surface area contributed by atoms with E-state index >= 15 is 0 Å². The lowest BCUT2D eigenvalue weighted by atomic mass is 9.99. The number of nitrogens with two attached hydrogens (primary N) is 1. The third-order valence-corrected chi connectivity index (χ3v) is 3.04. The van der Waals surface area contributed by atoms with E-state index in [9.17, 15) is 4.79 Å². The summed E-state index contributed by atoms with van der Waals surface area (Å²) in [7, 11) is 0. The van der Waals surface area contributed by atoms with Gasteiger partial charge in [-0.1, -0.05) is 5.16 Å². The number of likely N-dealkylation sites (tertiary alicyclic amines) is 1. The van der Waals surface area contributed by atoms with E-state index in [2.05, 4.69) is 5.16 Å². The Kier molecular flexibility index (Phi) is 3.56. The molecule has 1 aliphatic rings. The van der Waals surface area contributed by atoms with Gasteiger partial charge in [-0.15, -0.1) is 0 Å². The van der Waals surface area contributed by atoms with Crippen molar-refractivity contribution in [1.82, 2.24) is 10.1 Å². The first-order valence-electron chi connectivity index (χ1n) is 5.74. The molecular weight excluding hydrogens is 206 g/mol. The standard InChI is InChI=1S/C11H17N3O2/c12-6-4-9-3-1-2-8-14(9)11(15)10-5-7-13-16-10/h5,7,9H,1-4,6,8,12H2. The Hall–Kier alpha value is -1.36. The lowest BCUT2D eigenvalue weighted by molar-refractivity contribution is 0.0563. The van der Waals surface area contributed by atoms with E-state index in [1.54, 1.807) is 6.07 Å². The Morgan fingerprint density at radius 2 is 2.50 bits per heavy atom. The van der Waals surface area contributed by atoms with Crippen LogP contribution < -0.4 is 5.73 Å². The Labute approximate surface area is 94.6 Å². The third-order valence-electron chi connectivity index (χ3n) is 3.04. The fraction of sp³-hybridized carbons (Fsp3) is 0.636. The molecule has 0 aliphatic carbocycles. The number of piperidine rings is 1. The maximum Gasteiger partial charge on any atom is 0.292 e. The topological polar surface area (TPSA) is 72.4 Å². The van der Waals surface area contributed by atoms with Crippen LogP contribution in [0.3, 0.4) is 0 Å². The Bertz CT molecular complexity index is 335. The van der Waals surface area contributed by atoms with Crippen LogP contribution in [-0.2, 0) is 0 Å². The van der Waals surface area contributed by atoms with Gasteiger partial charge in [-0.05, 0) is 32.2 Å². The number of hydrogen-bond donors (Lipinski definition) is 1. The molecule has 16 heavy (non-hydrogen) atoms. The fourth-order valence-corrected chi connectivity index (χ4v) is 2.23. The second-order valence-corrected chi connectivity index (χ2v) is 4.10.